The Morgan fingerprint density at radius 2 is 1.90 bits per heavy atom. The maximum absolute atomic E-state index is 12.5. The smallest absolute Gasteiger partial charge is 0.387 e. The van der Waals surface area contributed by atoms with Crippen LogP contribution >= 0.6 is 11.6 Å². The Labute approximate surface area is 185 Å². The highest BCUT2D eigenvalue weighted by Crippen LogP contribution is 2.30. The molecule has 0 heterocycles. The summed E-state index contributed by atoms with van der Waals surface area (Å²) in [6, 6.07) is 10.4. The van der Waals surface area contributed by atoms with Crippen molar-refractivity contribution in [1.29, 1.82) is 0 Å². The third kappa shape index (κ3) is 7.34. The number of carbonyl (C=O) groups is 1. The lowest BCUT2D eigenvalue weighted by Crippen LogP contribution is -2.32. The number of nitrogens with zero attached hydrogens (tertiary/aromatic N) is 1. The number of carbonyl (C=O) groups excluding carboxylic acids is 1. The Morgan fingerprint density at radius 3 is 2.55 bits per heavy atom. The molecule has 0 saturated carbocycles. The minimum atomic E-state index is -3.84. The number of alkyl halides is 2. The Bertz CT molecular complexity index is 1000. The van der Waals surface area contributed by atoms with E-state index in [9.17, 15) is 22.0 Å². The SMILES string of the molecule is CCOc1cc(CN(C)C(=O)CCNS(=O)(=O)c2ccccc2Cl)ccc1OC(F)F. The molecule has 0 aromatic heterocycles. The molecule has 0 fully saturated rings. The van der Waals surface area contributed by atoms with Crippen LogP contribution in [-0.2, 0) is 21.4 Å². The van der Waals surface area contributed by atoms with Gasteiger partial charge < -0.3 is 14.4 Å². The summed E-state index contributed by atoms with van der Waals surface area (Å²) < 4.78 is 61.7. The van der Waals surface area contributed by atoms with E-state index >= 15 is 0 Å². The minimum absolute atomic E-state index is 0.0629. The third-order valence-corrected chi connectivity index (χ3v) is 6.09. The van der Waals surface area contributed by atoms with Gasteiger partial charge in [0.2, 0.25) is 15.9 Å². The van der Waals surface area contributed by atoms with Gasteiger partial charge in [-0.05, 0) is 36.8 Å². The van der Waals surface area contributed by atoms with Crippen molar-refractivity contribution in [3.8, 4) is 11.5 Å². The van der Waals surface area contributed by atoms with Crippen LogP contribution < -0.4 is 14.2 Å². The lowest BCUT2D eigenvalue weighted by Gasteiger charge is -2.19. The van der Waals surface area contributed by atoms with Crippen molar-refractivity contribution < 1.29 is 31.5 Å². The average Bonchev–Trinajstić information content (AvgIpc) is 2.69. The van der Waals surface area contributed by atoms with E-state index in [0.29, 0.717) is 5.56 Å². The maximum Gasteiger partial charge on any atom is 0.387 e. The van der Waals surface area contributed by atoms with Crippen molar-refractivity contribution in [2.75, 3.05) is 20.2 Å². The molecule has 0 saturated heterocycles. The third-order valence-electron chi connectivity index (χ3n) is 4.13. The molecule has 2 rings (SSSR count). The van der Waals surface area contributed by atoms with E-state index in [0.717, 1.165) is 0 Å². The van der Waals surface area contributed by atoms with E-state index < -0.39 is 16.6 Å². The van der Waals surface area contributed by atoms with Gasteiger partial charge in [-0.15, -0.1) is 0 Å². The number of halogens is 3. The molecular formula is C20H23ClF2N2O5S. The van der Waals surface area contributed by atoms with Crippen LogP contribution in [0.4, 0.5) is 8.78 Å². The summed E-state index contributed by atoms with van der Waals surface area (Å²) in [5.74, 6) is -0.259. The molecule has 170 valence electrons. The molecule has 1 N–H and O–H groups in total. The van der Waals surface area contributed by atoms with Gasteiger partial charge in [0.1, 0.15) is 4.90 Å². The van der Waals surface area contributed by atoms with Gasteiger partial charge in [-0.2, -0.15) is 8.78 Å². The molecule has 0 atom stereocenters. The Kier molecular flexibility index (Phi) is 9.02. The van der Waals surface area contributed by atoms with Crippen molar-refractivity contribution in [1.82, 2.24) is 9.62 Å². The van der Waals surface area contributed by atoms with Crippen molar-refractivity contribution in [2.45, 2.75) is 31.4 Å². The van der Waals surface area contributed by atoms with Gasteiger partial charge in [0.25, 0.3) is 0 Å². The van der Waals surface area contributed by atoms with Crippen LogP contribution in [0.1, 0.15) is 18.9 Å². The molecule has 7 nitrogen and oxygen atoms in total. The second kappa shape index (κ2) is 11.3. The fourth-order valence-corrected chi connectivity index (χ4v) is 4.25. The zero-order valence-corrected chi connectivity index (χ0v) is 18.6. The number of nitrogens with one attached hydrogen (secondary N) is 1. The lowest BCUT2D eigenvalue weighted by atomic mass is 10.2. The molecule has 0 aliphatic rings. The summed E-state index contributed by atoms with van der Waals surface area (Å²) in [5, 5.41) is 0.0859. The van der Waals surface area contributed by atoms with Gasteiger partial charge in [-0.25, -0.2) is 13.1 Å². The summed E-state index contributed by atoms with van der Waals surface area (Å²) in [5.41, 5.74) is 0.637. The quantitative estimate of drug-likeness (QED) is 0.535. The predicted molar refractivity (Wildman–Crippen MR) is 112 cm³/mol. The van der Waals surface area contributed by atoms with Gasteiger partial charge in [-0.3, -0.25) is 4.79 Å². The Morgan fingerprint density at radius 1 is 1.19 bits per heavy atom. The highest BCUT2D eigenvalue weighted by Gasteiger charge is 2.18. The molecule has 1 amide bonds. The molecule has 11 heteroatoms. The Balaban J connectivity index is 1.95. The minimum Gasteiger partial charge on any atom is -0.490 e. The highest BCUT2D eigenvalue weighted by molar-refractivity contribution is 7.89. The second-order valence-corrected chi connectivity index (χ2v) is 8.56. The summed E-state index contributed by atoms with van der Waals surface area (Å²) in [4.78, 5) is 13.7. The molecule has 0 spiro atoms. The van der Waals surface area contributed by atoms with E-state index in [1.807, 2.05) is 0 Å². The number of hydrogen-bond donors (Lipinski definition) is 1. The predicted octanol–water partition coefficient (Wildman–Crippen LogP) is 3.67. The number of ether oxygens (including phenoxy) is 2. The van der Waals surface area contributed by atoms with Crippen LogP contribution in [0.5, 0.6) is 11.5 Å². The van der Waals surface area contributed by atoms with E-state index in [4.69, 9.17) is 16.3 Å². The summed E-state index contributed by atoms with van der Waals surface area (Å²) in [7, 11) is -2.29. The van der Waals surface area contributed by atoms with Crippen molar-refractivity contribution >= 4 is 27.5 Å². The standard InChI is InChI=1S/C20H23ClF2N2O5S/c1-3-29-17-12-14(8-9-16(17)30-20(22)23)13-25(2)19(26)10-11-24-31(27,28)18-7-5-4-6-15(18)21/h4-9,12,20,24H,3,10-11,13H2,1-2H3. The number of hydrogen-bond acceptors (Lipinski definition) is 5. The molecule has 0 bridgehead atoms. The number of rotatable bonds is 11. The summed E-state index contributed by atoms with van der Waals surface area (Å²) >= 11 is 5.91. The summed E-state index contributed by atoms with van der Waals surface area (Å²) in [6.07, 6.45) is -0.0783. The van der Waals surface area contributed by atoms with Crippen LogP contribution in [-0.4, -0.2) is 46.0 Å². The molecular weight excluding hydrogens is 454 g/mol. The van der Waals surface area contributed by atoms with Gasteiger partial charge in [0.05, 0.1) is 11.6 Å². The van der Waals surface area contributed by atoms with Gasteiger partial charge in [0.15, 0.2) is 11.5 Å². The first kappa shape index (κ1) is 24.8. The van der Waals surface area contributed by atoms with Crippen LogP contribution in [0.3, 0.4) is 0 Å². The Hall–Kier alpha value is -2.43. The first-order valence-electron chi connectivity index (χ1n) is 9.32. The molecule has 2 aromatic carbocycles. The molecule has 0 unspecified atom stereocenters. The second-order valence-electron chi connectivity index (χ2n) is 6.42. The van der Waals surface area contributed by atoms with Gasteiger partial charge >= 0.3 is 6.61 Å². The molecule has 0 radical (unpaired) electrons. The van der Waals surface area contributed by atoms with Crippen molar-refractivity contribution in [2.24, 2.45) is 0 Å². The first-order valence-corrected chi connectivity index (χ1v) is 11.2. The van der Waals surface area contributed by atoms with E-state index in [1.54, 1.807) is 32.2 Å². The zero-order chi connectivity index (χ0) is 23.0. The van der Waals surface area contributed by atoms with Crippen LogP contribution in [0.2, 0.25) is 5.02 Å². The zero-order valence-electron chi connectivity index (χ0n) is 17.0. The number of amides is 1. The lowest BCUT2D eigenvalue weighted by molar-refractivity contribution is -0.130. The average molecular weight is 477 g/mol. The van der Waals surface area contributed by atoms with Crippen LogP contribution in [0.15, 0.2) is 47.4 Å². The van der Waals surface area contributed by atoms with Crippen molar-refractivity contribution in [3.05, 3.63) is 53.1 Å². The molecule has 31 heavy (non-hydrogen) atoms. The number of sulfonamides is 1. The van der Waals surface area contributed by atoms with Crippen molar-refractivity contribution in [3.63, 3.8) is 0 Å². The highest BCUT2D eigenvalue weighted by atomic mass is 35.5. The van der Waals surface area contributed by atoms with E-state index in [-0.39, 0.29) is 53.4 Å². The normalized spacial score (nSPS) is 11.4. The van der Waals surface area contributed by atoms with Crippen LogP contribution in [0.25, 0.3) is 0 Å². The molecule has 0 aliphatic carbocycles. The summed E-state index contributed by atoms with van der Waals surface area (Å²) in [6.45, 7) is -0.960. The molecule has 2 aromatic rings. The topological polar surface area (TPSA) is 84.9 Å². The fraction of sp³-hybridized carbons (Fsp3) is 0.350. The van der Waals surface area contributed by atoms with E-state index in [2.05, 4.69) is 9.46 Å². The monoisotopic (exact) mass is 476 g/mol. The molecule has 0 aliphatic heterocycles. The number of benzene rings is 2. The van der Waals surface area contributed by atoms with Gasteiger partial charge in [-0.1, -0.05) is 29.8 Å². The van der Waals surface area contributed by atoms with Crippen LogP contribution in [0, 0.1) is 0 Å². The van der Waals surface area contributed by atoms with E-state index in [1.165, 1.54) is 29.2 Å². The first-order chi connectivity index (χ1) is 14.6. The largest absolute Gasteiger partial charge is 0.490 e. The maximum atomic E-state index is 12.5. The van der Waals surface area contributed by atoms with Gasteiger partial charge in [0, 0.05) is 26.6 Å². The fourth-order valence-electron chi connectivity index (χ4n) is 2.70.